The van der Waals surface area contributed by atoms with Crippen molar-refractivity contribution in [2.24, 2.45) is 5.92 Å². The van der Waals surface area contributed by atoms with Gasteiger partial charge in [-0.3, -0.25) is 9.69 Å². The number of carbonyl (C=O) groups excluding carboxylic acids is 2. The van der Waals surface area contributed by atoms with E-state index in [1.54, 1.807) is 0 Å². The molecule has 1 unspecified atom stereocenters. The lowest BCUT2D eigenvalue weighted by Gasteiger charge is -2.31. The summed E-state index contributed by atoms with van der Waals surface area (Å²) in [7, 11) is 0. The first kappa shape index (κ1) is 11.2. The largest absolute Gasteiger partial charge is 0.448 e. The zero-order valence-electron chi connectivity index (χ0n) is 9.65. The summed E-state index contributed by atoms with van der Waals surface area (Å²) in [6.07, 6.45) is 1.89. The highest BCUT2D eigenvalue weighted by Crippen LogP contribution is 2.16. The van der Waals surface area contributed by atoms with Crippen LogP contribution in [0.25, 0.3) is 0 Å². The predicted molar refractivity (Wildman–Crippen MR) is 57.9 cm³/mol. The second-order valence-corrected chi connectivity index (χ2v) is 4.62. The first-order valence-electron chi connectivity index (χ1n) is 5.86. The molecular formula is C11H18N2O3. The SMILES string of the molecule is CC1CCCN(C(=O)CN2CCOC2=O)C1. The molecule has 0 saturated carbocycles. The molecule has 90 valence electrons. The van der Waals surface area contributed by atoms with Crippen molar-refractivity contribution in [1.82, 2.24) is 9.80 Å². The summed E-state index contributed by atoms with van der Waals surface area (Å²) < 4.78 is 4.79. The average Bonchev–Trinajstić information content (AvgIpc) is 2.64. The highest BCUT2D eigenvalue weighted by molar-refractivity contribution is 5.82. The molecule has 2 fully saturated rings. The first-order chi connectivity index (χ1) is 7.66. The molecule has 2 saturated heterocycles. The fourth-order valence-corrected chi connectivity index (χ4v) is 2.25. The molecule has 1 atom stereocenters. The maximum absolute atomic E-state index is 11.9. The minimum Gasteiger partial charge on any atom is -0.448 e. The number of hydrogen-bond donors (Lipinski definition) is 0. The minimum absolute atomic E-state index is 0.0467. The van der Waals surface area contributed by atoms with Crippen LogP contribution < -0.4 is 0 Å². The smallest absolute Gasteiger partial charge is 0.410 e. The summed E-state index contributed by atoms with van der Waals surface area (Å²) in [6, 6.07) is 0. The Morgan fingerprint density at radius 3 is 2.94 bits per heavy atom. The fourth-order valence-electron chi connectivity index (χ4n) is 2.25. The maximum atomic E-state index is 11.9. The average molecular weight is 226 g/mol. The molecule has 16 heavy (non-hydrogen) atoms. The maximum Gasteiger partial charge on any atom is 0.410 e. The molecule has 0 aromatic rings. The molecule has 5 nitrogen and oxygen atoms in total. The van der Waals surface area contributed by atoms with E-state index >= 15 is 0 Å². The summed E-state index contributed by atoms with van der Waals surface area (Å²) in [5.74, 6) is 0.619. The Morgan fingerprint density at radius 2 is 2.31 bits per heavy atom. The van der Waals surface area contributed by atoms with Gasteiger partial charge in [-0.05, 0) is 18.8 Å². The molecule has 2 rings (SSSR count). The van der Waals surface area contributed by atoms with Crippen LogP contribution in [-0.2, 0) is 9.53 Å². The lowest BCUT2D eigenvalue weighted by atomic mass is 10.0. The zero-order chi connectivity index (χ0) is 11.5. The Balaban J connectivity index is 1.85. The number of hydrogen-bond acceptors (Lipinski definition) is 3. The van der Waals surface area contributed by atoms with Crippen molar-refractivity contribution in [3.8, 4) is 0 Å². The third kappa shape index (κ3) is 2.46. The second kappa shape index (κ2) is 4.72. The number of ether oxygens (including phenoxy) is 1. The lowest BCUT2D eigenvalue weighted by Crippen LogP contribution is -2.44. The normalized spacial score (nSPS) is 25.8. The van der Waals surface area contributed by atoms with Crippen molar-refractivity contribution < 1.29 is 14.3 Å². The van der Waals surface area contributed by atoms with Crippen LogP contribution in [0.1, 0.15) is 19.8 Å². The molecule has 5 heteroatoms. The van der Waals surface area contributed by atoms with Crippen LogP contribution in [0.3, 0.4) is 0 Å². The van der Waals surface area contributed by atoms with Gasteiger partial charge in [0.25, 0.3) is 0 Å². The van der Waals surface area contributed by atoms with Crippen LogP contribution >= 0.6 is 0 Å². The van der Waals surface area contributed by atoms with Crippen LogP contribution in [0, 0.1) is 5.92 Å². The van der Waals surface area contributed by atoms with Crippen LogP contribution in [0.4, 0.5) is 4.79 Å². The van der Waals surface area contributed by atoms with Gasteiger partial charge in [-0.2, -0.15) is 0 Å². The Bertz CT molecular complexity index is 293. The van der Waals surface area contributed by atoms with E-state index in [1.807, 2.05) is 4.90 Å². The van der Waals surface area contributed by atoms with Gasteiger partial charge in [0.1, 0.15) is 13.2 Å². The van der Waals surface area contributed by atoms with Crippen molar-refractivity contribution in [3.63, 3.8) is 0 Å². The van der Waals surface area contributed by atoms with E-state index in [4.69, 9.17) is 4.74 Å². The topological polar surface area (TPSA) is 49.9 Å². The Hall–Kier alpha value is -1.26. The molecule has 0 N–H and O–H groups in total. The van der Waals surface area contributed by atoms with Gasteiger partial charge in [0.15, 0.2) is 0 Å². The summed E-state index contributed by atoms with van der Waals surface area (Å²) in [6.45, 7) is 4.92. The number of piperidine rings is 1. The number of amides is 2. The van der Waals surface area contributed by atoms with Gasteiger partial charge in [0, 0.05) is 13.1 Å². The molecule has 0 spiro atoms. The van der Waals surface area contributed by atoms with Gasteiger partial charge in [-0.25, -0.2) is 4.79 Å². The Kier molecular flexibility index (Phi) is 3.31. The van der Waals surface area contributed by atoms with Crippen LogP contribution in [-0.4, -0.2) is 54.6 Å². The van der Waals surface area contributed by atoms with Gasteiger partial charge in [0.2, 0.25) is 5.91 Å². The standard InChI is InChI=1S/C11H18N2O3/c1-9-3-2-4-12(7-9)10(14)8-13-5-6-16-11(13)15/h9H,2-8H2,1H3. The van der Waals surface area contributed by atoms with E-state index in [9.17, 15) is 9.59 Å². The molecule has 0 aromatic heterocycles. The van der Waals surface area contributed by atoms with E-state index in [1.165, 1.54) is 11.3 Å². The highest BCUT2D eigenvalue weighted by Gasteiger charge is 2.27. The Labute approximate surface area is 95.3 Å². The highest BCUT2D eigenvalue weighted by atomic mass is 16.6. The van der Waals surface area contributed by atoms with E-state index < -0.39 is 0 Å². The number of likely N-dealkylation sites (tertiary alicyclic amines) is 1. The molecule has 2 amide bonds. The third-order valence-electron chi connectivity index (χ3n) is 3.18. The van der Waals surface area contributed by atoms with E-state index in [0.717, 1.165) is 19.5 Å². The summed E-state index contributed by atoms with van der Waals surface area (Å²) in [5, 5.41) is 0. The molecule has 0 radical (unpaired) electrons. The second-order valence-electron chi connectivity index (χ2n) is 4.62. The minimum atomic E-state index is -0.363. The van der Waals surface area contributed by atoms with Gasteiger partial charge < -0.3 is 9.64 Å². The zero-order valence-corrected chi connectivity index (χ0v) is 9.65. The van der Waals surface area contributed by atoms with Gasteiger partial charge in [-0.1, -0.05) is 6.92 Å². The van der Waals surface area contributed by atoms with Crippen molar-refractivity contribution >= 4 is 12.0 Å². The number of nitrogens with zero attached hydrogens (tertiary/aromatic N) is 2. The molecule has 2 aliphatic heterocycles. The lowest BCUT2D eigenvalue weighted by molar-refractivity contribution is -0.133. The molecule has 0 aliphatic carbocycles. The van der Waals surface area contributed by atoms with Crippen molar-refractivity contribution in [2.75, 3.05) is 32.8 Å². The Morgan fingerprint density at radius 1 is 1.50 bits per heavy atom. The third-order valence-corrected chi connectivity index (χ3v) is 3.18. The van der Waals surface area contributed by atoms with Crippen molar-refractivity contribution in [2.45, 2.75) is 19.8 Å². The molecular weight excluding hydrogens is 208 g/mol. The molecule has 0 aromatic carbocycles. The van der Waals surface area contributed by atoms with Gasteiger partial charge in [0.05, 0.1) is 6.54 Å². The van der Waals surface area contributed by atoms with E-state index in [2.05, 4.69) is 6.92 Å². The molecule has 0 bridgehead atoms. The van der Waals surface area contributed by atoms with Crippen LogP contribution in [0.2, 0.25) is 0 Å². The number of rotatable bonds is 2. The predicted octanol–water partition coefficient (Wildman–Crippen LogP) is 0.697. The van der Waals surface area contributed by atoms with E-state index in [-0.39, 0.29) is 18.5 Å². The van der Waals surface area contributed by atoms with Crippen LogP contribution in [0.15, 0.2) is 0 Å². The van der Waals surface area contributed by atoms with Crippen LogP contribution in [0.5, 0.6) is 0 Å². The first-order valence-corrected chi connectivity index (χ1v) is 5.86. The van der Waals surface area contributed by atoms with Gasteiger partial charge in [-0.15, -0.1) is 0 Å². The van der Waals surface area contributed by atoms with Gasteiger partial charge >= 0.3 is 6.09 Å². The number of cyclic esters (lactones) is 1. The monoisotopic (exact) mass is 226 g/mol. The molecule has 2 aliphatic rings. The van der Waals surface area contributed by atoms with E-state index in [0.29, 0.717) is 19.1 Å². The molecule has 2 heterocycles. The summed E-state index contributed by atoms with van der Waals surface area (Å²) >= 11 is 0. The van der Waals surface area contributed by atoms with Crippen molar-refractivity contribution in [1.29, 1.82) is 0 Å². The summed E-state index contributed by atoms with van der Waals surface area (Å²) in [4.78, 5) is 26.4. The number of carbonyl (C=O) groups is 2. The van der Waals surface area contributed by atoms with Crippen molar-refractivity contribution in [3.05, 3.63) is 0 Å². The summed E-state index contributed by atoms with van der Waals surface area (Å²) in [5.41, 5.74) is 0. The fraction of sp³-hybridized carbons (Fsp3) is 0.818. The quantitative estimate of drug-likeness (QED) is 0.696.